The minimum Gasteiger partial charge on any atom is -0.377 e. The fraction of sp³-hybridized carbons (Fsp3) is 0.800. The molecule has 0 bridgehead atoms. The quantitative estimate of drug-likeness (QED) is 0.326. The summed E-state index contributed by atoms with van der Waals surface area (Å²) in [6.07, 6.45) is 2.88. The Bertz CT molecular complexity index is 279. The SMILES string of the molecule is CC(C)(CN=C=O)OCCOCCN=C=O. The number of nitrogens with zero attached hydrogens (tertiary/aromatic N) is 2. The predicted molar refractivity (Wildman–Crippen MR) is 56.8 cm³/mol. The van der Waals surface area contributed by atoms with Crippen molar-refractivity contribution in [3.63, 3.8) is 0 Å². The third kappa shape index (κ3) is 9.24. The van der Waals surface area contributed by atoms with Gasteiger partial charge < -0.3 is 9.47 Å². The Labute approximate surface area is 94.4 Å². The second-order valence-corrected chi connectivity index (χ2v) is 3.60. The van der Waals surface area contributed by atoms with E-state index in [1.807, 2.05) is 13.8 Å². The Morgan fingerprint density at radius 1 is 1.06 bits per heavy atom. The average molecular weight is 228 g/mol. The molecule has 0 aromatic heterocycles. The van der Waals surface area contributed by atoms with Crippen molar-refractivity contribution in [3.8, 4) is 0 Å². The number of hydrogen-bond donors (Lipinski definition) is 0. The van der Waals surface area contributed by atoms with Gasteiger partial charge in [0.25, 0.3) is 0 Å². The molecule has 0 aromatic rings. The summed E-state index contributed by atoms with van der Waals surface area (Å²) < 4.78 is 10.6. The molecule has 0 aromatic carbocycles. The molecule has 0 saturated heterocycles. The van der Waals surface area contributed by atoms with Crippen LogP contribution in [0.3, 0.4) is 0 Å². The zero-order valence-corrected chi connectivity index (χ0v) is 9.56. The first-order valence-electron chi connectivity index (χ1n) is 4.91. The van der Waals surface area contributed by atoms with Gasteiger partial charge in [-0.3, -0.25) is 0 Å². The monoisotopic (exact) mass is 228 g/mol. The van der Waals surface area contributed by atoms with Crippen molar-refractivity contribution in [2.45, 2.75) is 19.4 Å². The minimum absolute atomic E-state index is 0.270. The van der Waals surface area contributed by atoms with Gasteiger partial charge >= 0.3 is 0 Å². The van der Waals surface area contributed by atoms with Crippen LogP contribution in [0.5, 0.6) is 0 Å². The van der Waals surface area contributed by atoms with E-state index in [2.05, 4.69) is 9.98 Å². The summed E-state index contributed by atoms with van der Waals surface area (Å²) in [5.74, 6) is 0. The second kappa shape index (κ2) is 8.95. The molecule has 0 unspecified atom stereocenters. The van der Waals surface area contributed by atoms with Gasteiger partial charge in [0.05, 0.1) is 38.5 Å². The van der Waals surface area contributed by atoms with Crippen molar-refractivity contribution in [1.82, 2.24) is 0 Å². The normalized spacial score (nSPS) is 10.4. The summed E-state index contributed by atoms with van der Waals surface area (Å²) in [6, 6.07) is 0. The minimum atomic E-state index is -0.498. The lowest BCUT2D eigenvalue weighted by Gasteiger charge is -2.22. The molecule has 16 heavy (non-hydrogen) atoms. The van der Waals surface area contributed by atoms with Gasteiger partial charge in [0.1, 0.15) is 0 Å². The molecule has 90 valence electrons. The van der Waals surface area contributed by atoms with Crippen molar-refractivity contribution in [1.29, 1.82) is 0 Å². The Balaban J connectivity index is 3.49. The molecule has 6 heteroatoms. The van der Waals surface area contributed by atoms with E-state index in [0.717, 1.165) is 0 Å². The van der Waals surface area contributed by atoms with Crippen molar-refractivity contribution < 1.29 is 19.1 Å². The van der Waals surface area contributed by atoms with Crippen LogP contribution in [0, 0.1) is 0 Å². The van der Waals surface area contributed by atoms with Crippen molar-refractivity contribution >= 4 is 12.2 Å². The fourth-order valence-corrected chi connectivity index (χ4v) is 0.903. The molecule has 0 atom stereocenters. The number of isocyanates is 2. The molecule has 0 saturated carbocycles. The standard InChI is InChI=1S/C10H16N2O4/c1-10(2,7-12-9-14)16-6-5-15-4-3-11-8-13/h3-7H2,1-2H3. The van der Waals surface area contributed by atoms with Crippen LogP contribution in [0.15, 0.2) is 9.98 Å². The van der Waals surface area contributed by atoms with Gasteiger partial charge in [-0.2, -0.15) is 0 Å². The summed E-state index contributed by atoms with van der Waals surface area (Å²) in [4.78, 5) is 26.4. The number of hydrogen-bond acceptors (Lipinski definition) is 6. The first-order chi connectivity index (χ1) is 7.62. The van der Waals surface area contributed by atoms with E-state index in [1.165, 1.54) is 12.2 Å². The van der Waals surface area contributed by atoms with E-state index in [-0.39, 0.29) is 6.54 Å². The molecule has 0 rings (SSSR count). The molecule has 0 spiro atoms. The van der Waals surface area contributed by atoms with Crippen LogP contribution < -0.4 is 0 Å². The Morgan fingerprint density at radius 2 is 1.75 bits per heavy atom. The molecular formula is C10H16N2O4. The van der Waals surface area contributed by atoms with E-state index in [0.29, 0.717) is 26.4 Å². The van der Waals surface area contributed by atoms with Gasteiger partial charge in [-0.1, -0.05) is 0 Å². The smallest absolute Gasteiger partial charge is 0.235 e. The highest BCUT2D eigenvalue weighted by Gasteiger charge is 2.17. The van der Waals surface area contributed by atoms with Gasteiger partial charge in [0, 0.05) is 0 Å². The third-order valence-electron chi connectivity index (χ3n) is 1.66. The van der Waals surface area contributed by atoms with Crippen LogP contribution >= 0.6 is 0 Å². The molecule has 0 amide bonds. The lowest BCUT2D eigenvalue weighted by atomic mass is 10.1. The molecule has 0 fully saturated rings. The van der Waals surface area contributed by atoms with E-state index in [4.69, 9.17) is 9.47 Å². The highest BCUT2D eigenvalue weighted by Crippen LogP contribution is 2.08. The van der Waals surface area contributed by atoms with Crippen LogP contribution in [-0.2, 0) is 19.1 Å². The molecule has 0 radical (unpaired) electrons. The zero-order chi connectivity index (χ0) is 12.3. The fourth-order valence-electron chi connectivity index (χ4n) is 0.903. The lowest BCUT2D eigenvalue weighted by molar-refractivity contribution is -0.0389. The highest BCUT2D eigenvalue weighted by molar-refractivity contribution is 5.33. The van der Waals surface area contributed by atoms with E-state index in [9.17, 15) is 9.59 Å². The molecule has 6 nitrogen and oxygen atoms in total. The topological polar surface area (TPSA) is 77.3 Å². The van der Waals surface area contributed by atoms with Crippen LogP contribution in [0.2, 0.25) is 0 Å². The third-order valence-corrected chi connectivity index (χ3v) is 1.66. The maximum atomic E-state index is 9.91. The summed E-state index contributed by atoms with van der Waals surface area (Å²) >= 11 is 0. The lowest BCUT2D eigenvalue weighted by Crippen LogP contribution is -2.29. The predicted octanol–water partition coefficient (Wildman–Crippen LogP) is 0.470. The number of rotatable bonds is 9. The average Bonchev–Trinajstić information content (AvgIpc) is 2.25. The second-order valence-electron chi connectivity index (χ2n) is 3.60. The van der Waals surface area contributed by atoms with E-state index in [1.54, 1.807) is 0 Å². The van der Waals surface area contributed by atoms with Crippen LogP contribution in [-0.4, -0.2) is 50.7 Å². The van der Waals surface area contributed by atoms with Gasteiger partial charge in [0.15, 0.2) is 0 Å². The number of ether oxygens (including phenoxy) is 2. The Kier molecular flexibility index (Phi) is 8.21. The molecule has 0 N–H and O–H groups in total. The van der Waals surface area contributed by atoms with Gasteiger partial charge in [-0.25, -0.2) is 19.6 Å². The highest BCUT2D eigenvalue weighted by atomic mass is 16.5. The summed E-state index contributed by atoms with van der Waals surface area (Å²) in [5, 5.41) is 0. The molecule has 0 aliphatic rings. The maximum Gasteiger partial charge on any atom is 0.235 e. The van der Waals surface area contributed by atoms with Gasteiger partial charge in [0.2, 0.25) is 12.2 Å². The summed E-state index contributed by atoms with van der Waals surface area (Å²) in [5.41, 5.74) is -0.498. The first-order valence-corrected chi connectivity index (χ1v) is 4.91. The van der Waals surface area contributed by atoms with E-state index >= 15 is 0 Å². The number of carbonyl (C=O) groups excluding carboxylic acids is 2. The molecule has 0 aliphatic carbocycles. The van der Waals surface area contributed by atoms with Crippen LogP contribution in [0.4, 0.5) is 0 Å². The van der Waals surface area contributed by atoms with Gasteiger partial charge in [-0.05, 0) is 13.8 Å². The largest absolute Gasteiger partial charge is 0.377 e. The van der Waals surface area contributed by atoms with Crippen molar-refractivity contribution in [3.05, 3.63) is 0 Å². The van der Waals surface area contributed by atoms with Crippen LogP contribution in [0.1, 0.15) is 13.8 Å². The van der Waals surface area contributed by atoms with Crippen LogP contribution in [0.25, 0.3) is 0 Å². The maximum absolute atomic E-state index is 9.91. The van der Waals surface area contributed by atoms with Gasteiger partial charge in [-0.15, -0.1) is 0 Å². The molecular weight excluding hydrogens is 212 g/mol. The van der Waals surface area contributed by atoms with Crippen molar-refractivity contribution in [2.75, 3.05) is 32.9 Å². The number of aliphatic imine (C=N–C) groups is 2. The Hall–Kier alpha value is -1.32. The first kappa shape index (κ1) is 14.7. The summed E-state index contributed by atoms with van der Waals surface area (Å²) in [7, 11) is 0. The Morgan fingerprint density at radius 3 is 2.38 bits per heavy atom. The summed E-state index contributed by atoms with van der Waals surface area (Å²) in [6.45, 7) is 5.39. The molecule has 0 aliphatic heterocycles. The van der Waals surface area contributed by atoms with E-state index < -0.39 is 5.60 Å². The molecule has 0 heterocycles. The zero-order valence-electron chi connectivity index (χ0n) is 9.56. The van der Waals surface area contributed by atoms with Crippen molar-refractivity contribution in [2.24, 2.45) is 9.98 Å².